The number of carbonyl (C=O) groups excluding carboxylic acids is 2. The van der Waals surface area contributed by atoms with E-state index in [1.807, 2.05) is 24.1 Å². The van der Waals surface area contributed by atoms with Gasteiger partial charge in [-0.2, -0.15) is 0 Å². The van der Waals surface area contributed by atoms with E-state index in [-0.39, 0.29) is 24.3 Å². The molecule has 0 spiro atoms. The first-order chi connectivity index (χ1) is 14.1. The number of likely N-dealkylation sites (N-methyl/N-ethyl adjacent to an activating group) is 1. The lowest BCUT2D eigenvalue weighted by Crippen LogP contribution is -2.44. The fourth-order valence-corrected chi connectivity index (χ4v) is 3.49. The van der Waals surface area contributed by atoms with Gasteiger partial charge in [-0.1, -0.05) is 5.16 Å². The van der Waals surface area contributed by atoms with Gasteiger partial charge in [-0.25, -0.2) is 0 Å². The number of morpholine rings is 1. The molecular weight excluding hydrogens is 376 g/mol. The number of aromatic nitrogens is 1. The lowest BCUT2D eigenvalue weighted by atomic mass is 10.1. The van der Waals surface area contributed by atoms with Crippen LogP contribution in [-0.4, -0.2) is 67.9 Å². The predicted octanol–water partition coefficient (Wildman–Crippen LogP) is 1.05. The third kappa shape index (κ3) is 4.34. The first kappa shape index (κ1) is 19.3. The Bertz CT molecular complexity index is 864. The van der Waals surface area contributed by atoms with Crippen molar-refractivity contribution in [2.75, 3.05) is 44.9 Å². The molecule has 3 heterocycles. The number of carbonyl (C=O) groups is 2. The molecular formula is C20H24N4O5. The van der Waals surface area contributed by atoms with Gasteiger partial charge in [-0.15, -0.1) is 0 Å². The fraction of sp³-hybridized carbons (Fsp3) is 0.450. The van der Waals surface area contributed by atoms with Crippen LogP contribution in [0.3, 0.4) is 0 Å². The minimum Gasteiger partial charge on any atom is -0.489 e. The van der Waals surface area contributed by atoms with Crippen molar-refractivity contribution in [2.45, 2.75) is 19.0 Å². The summed E-state index contributed by atoms with van der Waals surface area (Å²) >= 11 is 0. The average Bonchev–Trinajstić information content (AvgIpc) is 3.28. The smallest absolute Gasteiger partial charge is 0.254 e. The van der Waals surface area contributed by atoms with Crippen molar-refractivity contribution in [3.8, 4) is 5.75 Å². The molecule has 2 aliphatic heterocycles. The highest BCUT2D eigenvalue weighted by atomic mass is 16.5. The number of ether oxygens (including phenoxy) is 2. The Morgan fingerprint density at radius 3 is 2.83 bits per heavy atom. The lowest BCUT2D eigenvalue weighted by molar-refractivity contribution is -0.121. The Balaban J connectivity index is 1.41. The minimum absolute atomic E-state index is 0.0172. The third-order valence-electron chi connectivity index (χ3n) is 5.24. The van der Waals surface area contributed by atoms with Gasteiger partial charge in [-0.05, 0) is 18.2 Å². The molecule has 0 saturated carbocycles. The van der Waals surface area contributed by atoms with Gasteiger partial charge in [0, 0.05) is 31.8 Å². The summed E-state index contributed by atoms with van der Waals surface area (Å²) in [5.74, 6) is 1.19. The zero-order valence-electron chi connectivity index (χ0n) is 16.3. The number of rotatable bonds is 5. The summed E-state index contributed by atoms with van der Waals surface area (Å²) in [6.07, 6.45) is 1.81. The van der Waals surface area contributed by atoms with Gasteiger partial charge in [-0.3, -0.25) is 9.59 Å². The molecule has 1 aromatic heterocycles. The minimum atomic E-state index is -0.133. The fourth-order valence-electron chi connectivity index (χ4n) is 3.49. The maximum atomic E-state index is 12.8. The maximum absolute atomic E-state index is 12.8. The highest BCUT2D eigenvalue weighted by Gasteiger charge is 2.28. The number of benzene rings is 1. The molecule has 1 saturated heterocycles. The van der Waals surface area contributed by atoms with Crippen LogP contribution in [0.2, 0.25) is 0 Å². The number of hydrogen-bond donors (Lipinski definition) is 1. The average molecular weight is 400 g/mol. The second kappa shape index (κ2) is 8.52. The van der Waals surface area contributed by atoms with E-state index in [2.05, 4.69) is 10.5 Å². The van der Waals surface area contributed by atoms with Gasteiger partial charge in [0.2, 0.25) is 5.91 Å². The Morgan fingerprint density at radius 2 is 2.07 bits per heavy atom. The van der Waals surface area contributed by atoms with Gasteiger partial charge in [0.25, 0.3) is 5.91 Å². The Morgan fingerprint density at radius 1 is 1.24 bits per heavy atom. The Hall–Kier alpha value is -3.07. The van der Waals surface area contributed by atoms with E-state index in [1.165, 1.54) is 6.20 Å². The van der Waals surface area contributed by atoms with E-state index >= 15 is 0 Å². The molecule has 1 aromatic carbocycles. The quantitative estimate of drug-likeness (QED) is 0.801. The summed E-state index contributed by atoms with van der Waals surface area (Å²) in [5.41, 5.74) is 1.42. The first-order valence-electron chi connectivity index (χ1n) is 9.65. The zero-order valence-corrected chi connectivity index (χ0v) is 16.3. The molecule has 1 N–H and O–H groups in total. The molecule has 0 aliphatic carbocycles. The van der Waals surface area contributed by atoms with E-state index in [9.17, 15) is 9.59 Å². The molecule has 4 rings (SSSR count). The first-order valence-corrected chi connectivity index (χ1v) is 9.65. The van der Waals surface area contributed by atoms with Crippen LogP contribution in [0.5, 0.6) is 5.75 Å². The molecule has 0 unspecified atom stereocenters. The van der Waals surface area contributed by atoms with Crippen LogP contribution in [0.4, 0.5) is 5.69 Å². The molecule has 2 aliphatic rings. The molecule has 1 atom stereocenters. The van der Waals surface area contributed by atoms with Crippen molar-refractivity contribution in [3.05, 3.63) is 41.8 Å². The van der Waals surface area contributed by atoms with Crippen LogP contribution < -0.4 is 15.0 Å². The van der Waals surface area contributed by atoms with Gasteiger partial charge in [0.1, 0.15) is 12.4 Å². The largest absolute Gasteiger partial charge is 0.489 e. The summed E-state index contributed by atoms with van der Waals surface area (Å²) in [5, 5.41) is 6.44. The summed E-state index contributed by atoms with van der Waals surface area (Å²) in [6.45, 7) is 3.00. The van der Waals surface area contributed by atoms with Crippen molar-refractivity contribution >= 4 is 17.5 Å². The van der Waals surface area contributed by atoms with Crippen molar-refractivity contribution in [3.63, 3.8) is 0 Å². The molecule has 2 aromatic rings. The van der Waals surface area contributed by atoms with Gasteiger partial charge >= 0.3 is 0 Å². The molecule has 0 radical (unpaired) electrons. The van der Waals surface area contributed by atoms with Crippen LogP contribution in [0.1, 0.15) is 22.5 Å². The molecule has 9 nitrogen and oxygen atoms in total. The second-order valence-electron chi connectivity index (χ2n) is 7.12. The normalized spacial score (nSPS) is 18.7. The van der Waals surface area contributed by atoms with Crippen molar-refractivity contribution in [1.82, 2.24) is 15.4 Å². The second-order valence-corrected chi connectivity index (χ2v) is 7.12. The number of amides is 2. The lowest BCUT2D eigenvalue weighted by Gasteiger charge is -2.36. The van der Waals surface area contributed by atoms with Crippen LogP contribution in [0.15, 0.2) is 35.0 Å². The van der Waals surface area contributed by atoms with Crippen molar-refractivity contribution in [2.24, 2.45) is 0 Å². The molecule has 29 heavy (non-hydrogen) atoms. The summed E-state index contributed by atoms with van der Waals surface area (Å²) in [4.78, 5) is 28.9. The molecule has 2 amide bonds. The molecule has 1 fully saturated rings. The van der Waals surface area contributed by atoms with Gasteiger partial charge in [0.15, 0.2) is 5.76 Å². The summed E-state index contributed by atoms with van der Waals surface area (Å²) < 4.78 is 16.1. The number of fused-ring (bicyclic) bond motifs is 1. The molecule has 154 valence electrons. The van der Waals surface area contributed by atoms with E-state index in [1.54, 1.807) is 17.0 Å². The number of anilines is 1. The highest BCUT2D eigenvalue weighted by molar-refractivity contribution is 5.96. The molecule has 0 bridgehead atoms. The standard InChI is InChI=1S/C20H24N4O5/c1-23-15(11-19(25)21-12-16-4-5-22-29-16)13-28-18-3-2-14(10-17(18)23)20(26)24-6-8-27-9-7-24/h2-5,10,15H,6-9,11-13H2,1H3,(H,21,25)/t15-/m0/s1. The van der Waals surface area contributed by atoms with Crippen LogP contribution >= 0.6 is 0 Å². The van der Waals surface area contributed by atoms with Gasteiger partial charge in [0.05, 0.1) is 44.1 Å². The van der Waals surface area contributed by atoms with Crippen LogP contribution in [0, 0.1) is 0 Å². The van der Waals surface area contributed by atoms with E-state index in [4.69, 9.17) is 14.0 Å². The van der Waals surface area contributed by atoms with E-state index in [0.717, 1.165) is 5.69 Å². The van der Waals surface area contributed by atoms with Crippen molar-refractivity contribution < 1.29 is 23.6 Å². The summed E-state index contributed by atoms with van der Waals surface area (Å²) in [6, 6.07) is 7.02. The topological polar surface area (TPSA) is 97.1 Å². The highest BCUT2D eigenvalue weighted by Crippen LogP contribution is 2.34. The number of nitrogens with one attached hydrogen (secondary N) is 1. The maximum Gasteiger partial charge on any atom is 0.254 e. The zero-order chi connectivity index (χ0) is 20.2. The number of hydrogen-bond acceptors (Lipinski definition) is 7. The van der Waals surface area contributed by atoms with Crippen molar-refractivity contribution in [1.29, 1.82) is 0 Å². The Kier molecular flexibility index (Phi) is 5.66. The monoisotopic (exact) mass is 400 g/mol. The SMILES string of the molecule is CN1c2cc(C(=O)N3CCOCC3)ccc2OC[C@@H]1CC(=O)NCc1ccno1. The third-order valence-corrected chi connectivity index (χ3v) is 5.24. The van der Waals surface area contributed by atoms with Gasteiger partial charge < -0.3 is 29.1 Å². The van der Waals surface area contributed by atoms with Crippen LogP contribution in [0.25, 0.3) is 0 Å². The summed E-state index contributed by atoms with van der Waals surface area (Å²) in [7, 11) is 1.92. The van der Waals surface area contributed by atoms with Crippen LogP contribution in [-0.2, 0) is 16.1 Å². The van der Waals surface area contributed by atoms with E-state index in [0.29, 0.717) is 56.5 Å². The Labute approximate surface area is 168 Å². The number of nitrogens with zero attached hydrogens (tertiary/aromatic N) is 3. The predicted molar refractivity (Wildman–Crippen MR) is 104 cm³/mol. The molecule has 9 heteroatoms. The van der Waals surface area contributed by atoms with E-state index < -0.39 is 0 Å².